The highest BCUT2D eigenvalue weighted by Crippen LogP contribution is 2.30. The zero-order valence-corrected chi connectivity index (χ0v) is 20.3. The number of likely N-dealkylation sites (N-methyl/N-ethyl adjacent to an activating group) is 1. The number of nitrogens with zero attached hydrogens (tertiary/aromatic N) is 3. The summed E-state index contributed by atoms with van der Waals surface area (Å²) < 4.78 is 0. The highest BCUT2D eigenvalue weighted by Gasteiger charge is 2.34. The first-order chi connectivity index (χ1) is 16.6. The van der Waals surface area contributed by atoms with Crippen molar-refractivity contribution in [1.82, 2.24) is 9.80 Å². The molecule has 0 spiro atoms. The molecule has 0 aliphatic carbocycles. The maximum Gasteiger partial charge on any atom is 0.245 e. The largest absolute Gasteiger partial charge is 0.319 e. The summed E-state index contributed by atoms with van der Waals surface area (Å²) in [6.45, 7) is 5.78. The molecule has 0 saturated carbocycles. The van der Waals surface area contributed by atoms with E-state index in [1.807, 2.05) is 37.4 Å². The molecule has 1 fully saturated rings. The van der Waals surface area contributed by atoms with Crippen LogP contribution in [0.3, 0.4) is 0 Å². The van der Waals surface area contributed by atoms with Gasteiger partial charge in [0.1, 0.15) is 6.04 Å². The molecule has 34 heavy (non-hydrogen) atoms. The van der Waals surface area contributed by atoms with Gasteiger partial charge in [0.15, 0.2) is 0 Å². The molecule has 178 valence electrons. The SMILES string of the molecule is CCC(C(N)C(=O)N(C)c1ccccc1)N1CCN(C(c2ccccc2)c2ccccc2)CC1. The molecule has 2 atom stereocenters. The Kier molecular flexibility index (Phi) is 8.12. The van der Waals surface area contributed by atoms with Crippen LogP contribution in [0, 0.1) is 0 Å². The average Bonchev–Trinajstić information content (AvgIpc) is 2.91. The van der Waals surface area contributed by atoms with Crippen molar-refractivity contribution in [3.8, 4) is 0 Å². The Labute approximate surface area is 203 Å². The van der Waals surface area contributed by atoms with E-state index in [2.05, 4.69) is 77.4 Å². The first-order valence-corrected chi connectivity index (χ1v) is 12.3. The second-order valence-electron chi connectivity index (χ2n) is 9.03. The first kappa shape index (κ1) is 24.1. The Morgan fingerprint density at radius 3 is 1.71 bits per heavy atom. The third-order valence-corrected chi connectivity index (χ3v) is 7.01. The number of carbonyl (C=O) groups is 1. The quantitative estimate of drug-likeness (QED) is 0.553. The fraction of sp³-hybridized carbons (Fsp3) is 0.345. The van der Waals surface area contributed by atoms with Gasteiger partial charge in [0.05, 0.1) is 6.04 Å². The number of nitrogens with two attached hydrogens (primary N) is 1. The van der Waals surface area contributed by atoms with E-state index in [1.54, 1.807) is 4.90 Å². The Morgan fingerprint density at radius 2 is 1.24 bits per heavy atom. The summed E-state index contributed by atoms with van der Waals surface area (Å²) in [6, 6.07) is 30.9. The molecule has 0 aromatic heterocycles. The van der Waals surface area contributed by atoms with E-state index in [9.17, 15) is 4.79 Å². The predicted octanol–water partition coefficient (Wildman–Crippen LogP) is 4.16. The van der Waals surface area contributed by atoms with Crippen LogP contribution in [0.1, 0.15) is 30.5 Å². The number of rotatable bonds is 8. The molecule has 2 N–H and O–H groups in total. The minimum absolute atomic E-state index is 0.0210. The van der Waals surface area contributed by atoms with Gasteiger partial charge in [-0.25, -0.2) is 0 Å². The molecule has 1 aliphatic rings. The number of benzene rings is 3. The zero-order chi connectivity index (χ0) is 23.9. The molecular formula is C29H36N4O. The molecule has 5 nitrogen and oxygen atoms in total. The summed E-state index contributed by atoms with van der Waals surface area (Å²) in [5, 5.41) is 0. The lowest BCUT2D eigenvalue weighted by molar-refractivity contribution is -0.121. The van der Waals surface area contributed by atoms with Crippen molar-refractivity contribution in [3.63, 3.8) is 0 Å². The summed E-state index contributed by atoms with van der Waals surface area (Å²) >= 11 is 0. The van der Waals surface area contributed by atoms with Crippen molar-refractivity contribution in [2.45, 2.75) is 31.5 Å². The van der Waals surface area contributed by atoms with Gasteiger partial charge in [-0.1, -0.05) is 85.8 Å². The van der Waals surface area contributed by atoms with Crippen molar-refractivity contribution in [2.24, 2.45) is 5.73 Å². The second-order valence-corrected chi connectivity index (χ2v) is 9.03. The van der Waals surface area contributed by atoms with Crippen molar-refractivity contribution >= 4 is 11.6 Å². The Balaban J connectivity index is 1.45. The standard InChI is InChI=1S/C29H36N4O/c1-3-26(27(30)29(34)31(2)25-17-11-6-12-18-25)32-19-21-33(22-20-32)28(23-13-7-4-8-14-23)24-15-9-5-10-16-24/h4-18,26-28H,3,19-22,30H2,1-2H3. The topological polar surface area (TPSA) is 52.8 Å². The molecule has 1 aliphatic heterocycles. The van der Waals surface area contributed by atoms with Gasteiger partial charge in [0.25, 0.3) is 0 Å². The van der Waals surface area contributed by atoms with Crippen LogP contribution < -0.4 is 10.6 Å². The first-order valence-electron chi connectivity index (χ1n) is 12.3. The molecule has 4 rings (SSSR count). The van der Waals surface area contributed by atoms with Crippen LogP contribution >= 0.6 is 0 Å². The van der Waals surface area contributed by atoms with Gasteiger partial charge in [-0.05, 0) is 29.7 Å². The number of carbonyl (C=O) groups excluding carboxylic acids is 1. The predicted molar refractivity (Wildman–Crippen MR) is 140 cm³/mol. The maximum absolute atomic E-state index is 13.2. The summed E-state index contributed by atoms with van der Waals surface area (Å²) in [5.41, 5.74) is 10.1. The summed E-state index contributed by atoms with van der Waals surface area (Å²) in [5.74, 6) is -0.0353. The van der Waals surface area contributed by atoms with Crippen LogP contribution in [0.2, 0.25) is 0 Å². The average molecular weight is 457 g/mol. The molecule has 2 unspecified atom stereocenters. The van der Waals surface area contributed by atoms with Crippen molar-refractivity contribution in [1.29, 1.82) is 0 Å². The monoisotopic (exact) mass is 456 g/mol. The van der Waals surface area contributed by atoms with Crippen molar-refractivity contribution in [3.05, 3.63) is 102 Å². The van der Waals surface area contributed by atoms with Gasteiger partial charge in [0.2, 0.25) is 5.91 Å². The summed E-state index contributed by atoms with van der Waals surface area (Å²) in [7, 11) is 1.81. The fourth-order valence-electron chi connectivity index (χ4n) is 5.12. The van der Waals surface area contributed by atoms with E-state index in [0.717, 1.165) is 38.3 Å². The summed E-state index contributed by atoms with van der Waals surface area (Å²) in [4.78, 5) is 19.8. The highest BCUT2D eigenvalue weighted by atomic mass is 16.2. The number of hydrogen-bond acceptors (Lipinski definition) is 4. The van der Waals surface area contributed by atoms with E-state index in [-0.39, 0.29) is 18.0 Å². The van der Waals surface area contributed by atoms with Gasteiger partial charge < -0.3 is 10.6 Å². The highest BCUT2D eigenvalue weighted by molar-refractivity contribution is 5.97. The molecule has 1 heterocycles. The second kappa shape index (κ2) is 11.4. The van der Waals surface area contributed by atoms with Crippen LogP contribution in [0.5, 0.6) is 0 Å². The van der Waals surface area contributed by atoms with Gasteiger partial charge in [-0.2, -0.15) is 0 Å². The normalized spacial score (nSPS) is 16.8. The molecule has 1 amide bonds. The smallest absolute Gasteiger partial charge is 0.245 e. The van der Waals surface area contributed by atoms with Crippen molar-refractivity contribution < 1.29 is 4.79 Å². The third-order valence-electron chi connectivity index (χ3n) is 7.01. The lowest BCUT2D eigenvalue weighted by atomic mass is 9.95. The van der Waals surface area contributed by atoms with E-state index < -0.39 is 6.04 Å². The van der Waals surface area contributed by atoms with E-state index >= 15 is 0 Å². The van der Waals surface area contributed by atoms with E-state index in [1.165, 1.54) is 11.1 Å². The molecule has 3 aromatic carbocycles. The van der Waals surface area contributed by atoms with Crippen LogP contribution in [-0.2, 0) is 4.79 Å². The molecule has 3 aromatic rings. The zero-order valence-electron chi connectivity index (χ0n) is 20.3. The lowest BCUT2D eigenvalue weighted by Gasteiger charge is -2.44. The van der Waals surface area contributed by atoms with Crippen LogP contribution in [0.4, 0.5) is 5.69 Å². The Bertz CT molecular complexity index is 980. The number of hydrogen-bond donors (Lipinski definition) is 1. The van der Waals surface area contributed by atoms with Crippen LogP contribution in [0.25, 0.3) is 0 Å². The molecule has 0 radical (unpaired) electrons. The molecule has 5 heteroatoms. The summed E-state index contributed by atoms with van der Waals surface area (Å²) in [6.07, 6.45) is 0.844. The number of anilines is 1. The molecule has 1 saturated heterocycles. The van der Waals surface area contributed by atoms with Crippen LogP contribution in [-0.4, -0.2) is 61.0 Å². The van der Waals surface area contributed by atoms with E-state index in [0.29, 0.717) is 0 Å². The minimum atomic E-state index is -0.555. The van der Waals surface area contributed by atoms with Gasteiger partial charge in [-0.15, -0.1) is 0 Å². The van der Waals surface area contributed by atoms with Crippen molar-refractivity contribution in [2.75, 3.05) is 38.1 Å². The lowest BCUT2D eigenvalue weighted by Crippen LogP contribution is -2.59. The van der Waals surface area contributed by atoms with Gasteiger partial charge >= 0.3 is 0 Å². The number of piperazine rings is 1. The molecule has 0 bridgehead atoms. The fourth-order valence-corrected chi connectivity index (χ4v) is 5.12. The van der Waals surface area contributed by atoms with E-state index in [4.69, 9.17) is 5.73 Å². The minimum Gasteiger partial charge on any atom is -0.319 e. The Morgan fingerprint density at radius 1 is 0.794 bits per heavy atom. The number of para-hydroxylation sites is 1. The number of amides is 1. The maximum atomic E-state index is 13.2. The third kappa shape index (κ3) is 5.39. The van der Waals surface area contributed by atoms with Crippen LogP contribution in [0.15, 0.2) is 91.0 Å². The molecular weight excluding hydrogens is 420 g/mol. The van der Waals surface area contributed by atoms with Gasteiger partial charge in [-0.3, -0.25) is 14.6 Å². The Hall–Kier alpha value is -2.99. The van der Waals surface area contributed by atoms with Gasteiger partial charge in [0, 0.05) is 45.0 Å².